The van der Waals surface area contributed by atoms with E-state index in [0.29, 0.717) is 11.7 Å². The third kappa shape index (κ3) is 1.51. The lowest BCUT2D eigenvalue weighted by atomic mass is 9.78. The van der Waals surface area contributed by atoms with Crippen LogP contribution >= 0.6 is 0 Å². The van der Waals surface area contributed by atoms with E-state index in [-0.39, 0.29) is 0 Å². The van der Waals surface area contributed by atoms with Gasteiger partial charge in [-0.2, -0.15) is 0 Å². The molecule has 0 amide bonds. The Morgan fingerprint density at radius 1 is 1.15 bits per heavy atom. The Kier molecular flexibility index (Phi) is 1.95. The third-order valence-corrected chi connectivity index (χ3v) is 2.95. The van der Waals surface area contributed by atoms with E-state index in [2.05, 4.69) is 32.0 Å². The summed E-state index contributed by atoms with van der Waals surface area (Å²) in [5, 5.41) is 0. The van der Waals surface area contributed by atoms with Gasteiger partial charge in [-0.1, -0.05) is 18.2 Å². The minimum absolute atomic E-state index is 0.406. The maximum atomic E-state index is 10.8. The van der Waals surface area contributed by atoms with E-state index >= 15 is 0 Å². The Morgan fingerprint density at radius 3 is 2.38 bits per heavy atom. The Balaban J connectivity index is 2.22. The molecule has 1 aliphatic carbocycles. The normalized spacial score (nSPS) is 17.2. The first-order valence-corrected chi connectivity index (χ1v) is 4.75. The summed E-state index contributed by atoms with van der Waals surface area (Å²) in [5.41, 5.74) is 3.99. The molecule has 1 heteroatoms. The molecule has 0 heterocycles. The van der Waals surface area contributed by atoms with Gasteiger partial charge in [0.25, 0.3) is 0 Å². The molecular formula is C12H14O. The van der Waals surface area contributed by atoms with Crippen LogP contribution in [0.4, 0.5) is 0 Å². The van der Waals surface area contributed by atoms with Gasteiger partial charge < -0.3 is 0 Å². The van der Waals surface area contributed by atoms with Gasteiger partial charge in [0.05, 0.1) is 0 Å². The molecule has 1 saturated carbocycles. The standard InChI is InChI=1S/C12H14O/c1-8-3-4-10(5-9(8)2)11-6-12(13)7-11/h3-5,11H,6-7H2,1-2H3. The number of benzene rings is 1. The van der Waals surface area contributed by atoms with Crippen LogP contribution < -0.4 is 0 Å². The van der Waals surface area contributed by atoms with E-state index in [0.717, 1.165) is 12.8 Å². The quantitative estimate of drug-likeness (QED) is 0.639. The Morgan fingerprint density at radius 2 is 1.85 bits per heavy atom. The molecule has 0 aliphatic heterocycles. The number of rotatable bonds is 1. The van der Waals surface area contributed by atoms with Crippen molar-refractivity contribution in [1.82, 2.24) is 0 Å². The summed E-state index contributed by atoms with van der Waals surface area (Å²) in [7, 11) is 0. The molecule has 0 saturated heterocycles. The van der Waals surface area contributed by atoms with Crippen LogP contribution in [-0.2, 0) is 4.79 Å². The predicted molar refractivity (Wildman–Crippen MR) is 52.9 cm³/mol. The summed E-state index contributed by atoms with van der Waals surface area (Å²) >= 11 is 0. The largest absolute Gasteiger partial charge is 0.300 e. The van der Waals surface area contributed by atoms with Crippen molar-refractivity contribution < 1.29 is 4.79 Å². The van der Waals surface area contributed by atoms with Gasteiger partial charge >= 0.3 is 0 Å². The second kappa shape index (κ2) is 2.99. The molecule has 1 aromatic rings. The van der Waals surface area contributed by atoms with E-state index in [4.69, 9.17) is 0 Å². The summed E-state index contributed by atoms with van der Waals surface area (Å²) in [6, 6.07) is 6.51. The van der Waals surface area contributed by atoms with Gasteiger partial charge in [-0.3, -0.25) is 4.79 Å². The first kappa shape index (κ1) is 8.49. The zero-order valence-corrected chi connectivity index (χ0v) is 8.13. The molecule has 2 rings (SSSR count). The maximum absolute atomic E-state index is 10.8. The lowest BCUT2D eigenvalue weighted by Gasteiger charge is -2.24. The lowest BCUT2D eigenvalue weighted by molar-refractivity contribution is -0.124. The lowest BCUT2D eigenvalue weighted by Crippen LogP contribution is -2.21. The van der Waals surface area contributed by atoms with Crippen LogP contribution in [0.3, 0.4) is 0 Å². The van der Waals surface area contributed by atoms with Gasteiger partial charge in [0.15, 0.2) is 0 Å². The van der Waals surface area contributed by atoms with Gasteiger partial charge in [0.1, 0.15) is 5.78 Å². The molecule has 0 spiro atoms. The first-order chi connectivity index (χ1) is 6.16. The van der Waals surface area contributed by atoms with Crippen molar-refractivity contribution in [3.63, 3.8) is 0 Å². The number of Topliss-reactive ketones (excluding diaryl/α,β-unsaturated/α-hetero) is 1. The first-order valence-electron chi connectivity index (χ1n) is 4.75. The number of hydrogen-bond donors (Lipinski definition) is 0. The zero-order valence-electron chi connectivity index (χ0n) is 8.13. The molecule has 13 heavy (non-hydrogen) atoms. The zero-order chi connectivity index (χ0) is 9.42. The molecule has 1 aromatic carbocycles. The molecule has 0 bridgehead atoms. The number of ketones is 1. The van der Waals surface area contributed by atoms with Crippen LogP contribution in [0.2, 0.25) is 0 Å². The minimum atomic E-state index is 0.406. The molecule has 1 aliphatic rings. The highest BCUT2D eigenvalue weighted by atomic mass is 16.1. The number of carbonyl (C=O) groups excluding carboxylic acids is 1. The topological polar surface area (TPSA) is 17.1 Å². The van der Waals surface area contributed by atoms with Gasteiger partial charge in [-0.05, 0) is 36.5 Å². The summed E-state index contributed by atoms with van der Waals surface area (Å²) in [4.78, 5) is 10.8. The number of hydrogen-bond acceptors (Lipinski definition) is 1. The SMILES string of the molecule is Cc1ccc(C2CC(=O)C2)cc1C. The summed E-state index contributed by atoms with van der Waals surface area (Å²) in [6.45, 7) is 4.24. The molecule has 0 radical (unpaired) electrons. The fourth-order valence-electron chi connectivity index (χ4n) is 1.74. The molecule has 1 fully saturated rings. The monoisotopic (exact) mass is 174 g/mol. The summed E-state index contributed by atoms with van der Waals surface area (Å²) < 4.78 is 0. The van der Waals surface area contributed by atoms with Crippen LogP contribution in [-0.4, -0.2) is 5.78 Å². The van der Waals surface area contributed by atoms with Gasteiger partial charge in [0.2, 0.25) is 0 Å². The Labute approximate surface area is 78.8 Å². The number of carbonyl (C=O) groups is 1. The molecule has 68 valence electrons. The van der Waals surface area contributed by atoms with Crippen molar-refractivity contribution in [2.24, 2.45) is 0 Å². The Bertz CT molecular complexity index is 344. The van der Waals surface area contributed by atoms with E-state index in [1.807, 2.05) is 0 Å². The van der Waals surface area contributed by atoms with E-state index < -0.39 is 0 Å². The molecular weight excluding hydrogens is 160 g/mol. The van der Waals surface area contributed by atoms with E-state index in [1.54, 1.807) is 0 Å². The van der Waals surface area contributed by atoms with Crippen molar-refractivity contribution in [2.45, 2.75) is 32.6 Å². The second-order valence-electron chi connectivity index (χ2n) is 3.99. The van der Waals surface area contributed by atoms with Crippen LogP contribution in [0.1, 0.15) is 35.4 Å². The van der Waals surface area contributed by atoms with Crippen molar-refractivity contribution in [2.75, 3.05) is 0 Å². The average Bonchev–Trinajstić information content (AvgIpc) is 2.05. The summed E-state index contributed by atoms with van der Waals surface area (Å²) in [5.74, 6) is 0.912. The van der Waals surface area contributed by atoms with Crippen molar-refractivity contribution in [3.05, 3.63) is 34.9 Å². The number of aryl methyl sites for hydroxylation is 2. The smallest absolute Gasteiger partial charge is 0.134 e. The average molecular weight is 174 g/mol. The van der Waals surface area contributed by atoms with Crippen LogP contribution in [0.15, 0.2) is 18.2 Å². The van der Waals surface area contributed by atoms with Gasteiger partial charge in [0, 0.05) is 12.8 Å². The van der Waals surface area contributed by atoms with Crippen LogP contribution in [0, 0.1) is 13.8 Å². The molecule has 0 unspecified atom stereocenters. The molecule has 0 N–H and O–H groups in total. The van der Waals surface area contributed by atoms with Gasteiger partial charge in [-0.15, -0.1) is 0 Å². The van der Waals surface area contributed by atoms with E-state index in [9.17, 15) is 4.79 Å². The fraction of sp³-hybridized carbons (Fsp3) is 0.417. The third-order valence-electron chi connectivity index (χ3n) is 2.95. The second-order valence-corrected chi connectivity index (χ2v) is 3.99. The van der Waals surface area contributed by atoms with Crippen LogP contribution in [0.5, 0.6) is 0 Å². The van der Waals surface area contributed by atoms with Gasteiger partial charge in [-0.25, -0.2) is 0 Å². The molecule has 1 nitrogen and oxygen atoms in total. The fourth-order valence-corrected chi connectivity index (χ4v) is 1.74. The predicted octanol–water partition coefficient (Wildman–Crippen LogP) is 2.75. The minimum Gasteiger partial charge on any atom is -0.300 e. The van der Waals surface area contributed by atoms with Crippen molar-refractivity contribution in [1.29, 1.82) is 0 Å². The van der Waals surface area contributed by atoms with E-state index in [1.165, 1.54) is 16.7 Å². The highest BCUT2D eigenvalue weighted by Gasteiger charge is 2.27. The van der Waals surface area contributed by atoms with Crippen molar-refractivity contribution >= 4 is 5.78 Å². The highest BCUT2D eigenvalue weighted by Crippen LogP contribution is 2.34. The maximum Gasteiger partial charge on any atom is 0.134 e. The van der Waals surface area contributed by atoms with Crippen LogP contribution in [0.25, 0.3) is 0 Å². The van der Waals surface area contributed by atoms with Crippen molar-refractivity contribution in [3.8, 4) is 0 Å². The Hall–Kier alpha value is -1.11. The molecule has 0 atom stereocenters. The summed E-state index contributed by atoms with van der Waals surface area (Å²) in [6.07, 6.45) is 1.50. The molecule has 0 aromatic heterocycles. The highest BCUT2D eigenvalue weighted by molar-refractivity contribution is 5.86.